The summed E-state index contributed by atoms with van der Waals surface area (Å²) in [5, 5.41) is 39.6. The number of phenols is 2. The smallest absolute Gasteiger partial charge is 0.348 e. The summed E-state index contributed by atoms with van der Waals surface area (Å²) in [6.07, 6.45) is -0.766. The molecule has 0 saturated heterocycles. The Hall–Kier alpha value is -4.05. The van der Waals surface area contributed by atoms with E-state index in [1.165, 1.54) is 55.7 Å². The summed E-state index contributed by atoms with van der Waals surface area (Å²) in [7, 11) is 2.31. The standard InChI is InChI=1S/C22H22O10/c1-30-17-9-5-13(11-16(17)24)6-10-18(25)32-19(20(26)27)22(29,21(28)31-2)12-14-3-7-15(23)8-4-14/h3-11,19,23-24,29H,12H2,1-2H3,(H,26,27)/b10-6+/t19-,22-/m1/s1. The molecule has 0 fully saturated rings. The fraction of sp³-hybridized carbons (Fsp3) is 0.227. The summed E-state index contributed by atoms with van der Waals surface area (Å²) in [6, 6.07) is 9.55. The van der Waals surface area contributed by atoms with Crippen molar-refractivity contribution in [2.24, 2.45) is 0 Å². The number of phenolic OH excluding ortho intramolecular Hbond substituents is 2. The molecule has 4 N–H and O–H groups in total. The summed E-state index contributed by atoms with van der Waals surface area (Å²) >= 11 is 0. The zero-order valence-corrected chi connectivity index (χ0v) is 17.2. The second kappa shape index (κ2) is 10.3. The number of hydrogen-bond acceptors (Lipinski definition) is 9. The maximum Gasteiger partial charge on any atom is 0.348 e. The lowest BCUT2D eigenvalue weighted by atomic mass is 9.88. The summed E-state index contributed by atoms with van der Waals surface area (Å²) in [6.45, 7) is 0. The minimum absolute atomic E-state index is 0.0775. The molecule has 32 heavy (non-hydrogen) atoms. The van der Waals surface area contributed by atoms with E-state index in [2.05, 4.69) is 4.74 Å². The van der Waals surface area contributed by atoms with E-state index in [0.29, 0.717) is 5.56 Å². The van der Waals surface area contributed by atoms with Gasteiger partial charge in [0.15, 0.2) is 11.5 Å². The van der Waals surface area contributed by atoms with Gasteiger partial charge in [-0.2, -0.15) is 0 Å². The van der Waals surface area contributed by atoms with Crippen molar-refractivity contribution >= 4 is 24.0 Å². The number of methoxy groups -OCH3 is 2. The van der Waals surface area contributed by atoms with Crippen LogP contribution in [0.1, 0.15) is 11.1 Å². The fourth-order valence-corrected chi connectivity index (χ4v) is 2.86. The second-order valence-electron chi connectivity index (χ2n) is 6.68. The van der Waals surface area contributed by atoms with E-state index in [1.54, 1.807) is 0 Å². The van der Waals surface area contributed by atoms with Crippen molar-refractivity contribution in [3.05, 3.63) is 59.7 Å². The number of esters is 2. The highest BCUT2D eigenvalue weighted by Crippen LogP contribution is 2.27. The van der Waals surface area contributed by atoms with Crippen LogP contribution in [0.5, 0.6) is 17.2 Å². The summed E-state index contributed by atoms with van der Waals surface area (Å²) in [5.41, 5.74) is -2.10. The van der Waals surface area contributed by atoms with E-state index in [0.717, 1.165) is 13.2 Å². The average Bonchev–Trinajstić information content (AvgIpc) is 2.76. The summed E-state index contributed by atoms with van der Waals surface area (Å²) in [5.74, 6) is -4.31. The average molecular weight is 446 g/mol. The van der Waals surface area contributed by atoms with Crippen LogP contribution in [0.4, 0.5) is 0 Å². The van der Waals surface area contributed by atoms with E-state index >= 15 is 0 Å². The number of benzene rings is 2. The Morgan fingerprint density at radius 3 is 2.25 bits per heavy atom. The largest absolute Gasteiger partial charge is 0.508 e. The normalized spacial score (nSPS) is 13.7. The molecule has 0 spiro atoms. The molecule has 0 heterocycles. The molecule has 0 bridgehead atoms. The molecule has 0 aliphatic rings. The molecule has 0 saturated carbocycles. The van der Waals surface area contributed by atoms with E-state index in [9.17, 15) is 34.8 Å². The molecule has 0 unspecified atom stereocenters. The first kappa shape index (κ1) is 24.2. The van der Waals surface area contributed by atoms with Crippen molar-refractivity contribution in [3.63, 3.8) is 0 Å². The number of ether oxygens (including phenoxy) is 3. The van der Waals surface area contributed by atoms with E-state index < -0.39 is 36.0 Å². The molecule has 2 aromatic rings. The van der Waals surface area contributed by atoms with Crippen molar-refractivity contribution in [2.75, 3.05) is 14.2 Å². The van der Waals surface area contributed by atoms with Crippen LogP contribution in [0, 0.1) is 0 Å². The number of carboxylic acid groups (broad SMARTS) is 1. The Labute approximate surface area is 182 Å². The molecule has 2 aromatic carbocycles. The van der Waals surface area contributed by atoms with Gasteiger partial charge in [-0.25, -0.2) is 14.4 Å². The molecule has 2 atom stereocenters. The number of aromatic hydroxyl groups is 2. The Morgan fingerprint density at radius 1 is 1.06 bits per heavy atom. The first-order valence-corrected chi connectivity index (χ1v) is 9.18. The predicted octanol–water partition coefficient (Wildman–Crippen LogP) is 1.26. The Balaban J connectivity index is 2.27. The molecule has 0 amide bonds. The SMILES string of the molecule is COC(=O)[C@@](O)(Cc1ccc(O)cc1)[C@H](OC(=O)/C=C/c1ccc(OC)c(O)c1)C(=O)O. The summed E-state index contributed by atoms with van der Waals surface area (Å²) < 4.78 is 14.3. The number of hydrogen-bond donors (Lipinski definition) is 4. The number of carboxylic acids is 1. The highest BCUT2D eigenvalue weighted by Gasteiger charge is 2.52. The minimum Gasteiger partial charge on any atom is -0.508 e. The number of aliphatic hydroxyl groups is 1. The highest BCUT2D eigenvalue weighted by atomic mass is 16.6. The van der Waals surface area contributed by atoms with Crippen molar-refractivity contribution in [3.8, 4) is 17.2 Å². The third kappa shape index (κ3) is 5.76. The molecular formula is C22H22O10. The molecule has 0 aromatic heterocycles. The van der Waals surface area contributed by atoms with Crippen LogP contribution < -0.4 is 4.74 Å². The fourth-order valence-electron chi connectivity index (χ4n) is 2.86. The van der Waals surface area contributed by atoms with Crippen LogP contribution in [-0.2, 0) is 30.3 Å². The monoisotopic (exact) mass is 446 g/mol. The van der Waals surface area contributed by atoms with Crippen LogP contribution >= 0.6 is 0 Å². The van der Waals surface area contributed by atoms with Crippen molar-refractivity contribution in [2.45, 2.75) is 18.1 Å². The van der Waals surface area contributed by atoms with Crippen LogP contribution in [0.2, 0.25) is 0 Å². The lowest BCUT2D eigenvalue weighted by Gasteiger charge is -2.30. The zero-order valence-electron chi connectivity index (χ0n) is 17.2. The van der Waals surface area contributed by atoms with Gasteiger partial charge in [-0.05, 0) is 41.5 Å². The third-order valence-corrected chi connectivity index (χ3v) is 4.46. The van der Waals surface area contributed by atoms with E-state index in [1.807, 2.05) is 0 Å². The van der Waals surface area contributed by atoms with Gasteiger partial charge in [0.1, 0.15) is 5.75 Å². The Morgan fingerprint density at radius 2 is 1.72 bits per heavy atom. The molecule has 0 aliphatic carbocycles. The predicted molar refractivity (Wildman–Crippen MR) is 110 cm³/mol. The minimum atomic E-state index is -2.75. The van der Waals surface area contributed by atoms with Crippen molar-refractivity contribution in [1.82, 2.24) is 0 Å². The maximum absolute atomic E-state index is 12.3. The van der Waals surface area contributed by atoms with E-state index in [-0.39, 0.29) is 22.8 Å². The topological polar surface area (TPSA) is 160 Å². The van der Waals surface area contributed by atoms with E-state index in [4.69, 9.17) is 9.47 Å². The molecular weight excluding hydrogens is 424 g/mol. The maximum atomic E-state index is 12.3. The number of carbonyl (C=O) groups is 3. The first-order valence-electron chi connectivity index (χ1n) is 9.18. The summed E-state index contributed by atoms with van der Waals surface area (Å²) in [4.78, 5) is 36.3. The van der Waals surface area contributed by atoms with Gasteiger partial charge in [-0.3, -0.25) is 0 Å². The highest BCUT2D eigenvalue weighted by molar-refractivity contribution is 5.93. The number of aliphatic carboxylic acids is 1. The van der Waals surface area contributed by atoms with Gasteiger partial charge in [-0.1, -0.05) is 18.2 Å². The molecule has 0 radical (unpaired) electrons. The first-order chi connectivity index (χ1) is 15.1. The lowest BCUT2D eigenvalue weighted by molar-refractivity contribution is -0.194. The Kier molecular flexibility index (Phi) is 7.81. The van der Waals surface area contributed by atoms with Crippen molar-refractivity contribution in [1.29, 1.82) is 0 Å². The molecule has 10 nitrogen and oxygen atoms in total. The van der Waals surface area contributed by atoms with Crippen LogP contribution in [0.25, 0.3) is 6.08 Å². The molecule has 0 aliphatic heterocycles. The van der Waals surface area contributed by atoms with Gasteiger partial charge >= 0.3 is 17.9 Å². The number of carbonyl (C=O) groups excluding carboxylic acids is 2. The van der Waals surface area contributed by atoms with Gasteiger partial charge in [0.05, 0.1) is 14.2 Å². The van der Waals surface area contributed by atoms with Crippen molar-refractivity contribution < 1.29 is 49.0 Å². The number of rotatable bonds is 9. The Bertz CT molecular complexity index is 1010. The second-order valence-corrected chi connectivity index (χ2v) is 6.68. The molecule has 170 valence electrons. The van der Waals surface area contributed by atoms with Gasteiger partial charge in [0, 0.05) is 12.5 Å². The quantitative estimate of drug-likeness (QED) is 0.326. The van der Waals surface area contributed by atoms with Crippen LogP contribution in [-0.4, -0.2) is 64.3 Å². The van der Waals surface area contributed by atoms with Gasteiger partial charge in [-0.15, -0.1) is 0 Å². The van der Waals surface area contributed by atoms with Crippen LogP contribution in [0.15, 0.2) is 48.5 Å². The van der Waals surface area contributed by atoms with Gasteiger partial charge in [0.2, 0.25) is 11.7 Å². The van der Waals surface area contributed by atoms with Gasteiger partial charge < -0.3 is 34.6 Å². The molecule has 2 rings (SSSR count). The molecule has 10 heteroatoms. The third-order valence-electron chi connectivity index (χ3n) is 4.46. The van der Waals surface area contributed by atoms with Crippen LogP contribution in [0.3, 0.4) is 0 Å². The lowest BCUT2D eigenvalue weighted by Crippen LogP contribution is -2.57. The van der Waals surface area contributed by atoms with Gasteiger partial charge in [0.25, 0.3) is 0 Å². The zero-order chi connectivity index (χ0) is 23.9.